The topological polar surface area (TPSA) is 58.6 Å². The molecule has 0 spiro atoms. The Bertz CT molecular complexity index is 487. The Labute approximate surface area is 125 Å². The summed E-state index contributed by atoms with van der Waals surface area (Å²) in [6.45, 7) is 3.90. The number of ether oxygens (including phenoxy) is 1. The van der Waals surface area contributed by atoms with Crippen molar-refractivity contribution < 1.29 is 14.6 Å². The second kappa shape index (κ2) is 7.38. The van der Waals surface area contributed by atoms with Gasteiger partial charge in [-0.3, -0.25) is 4.79 Å². The maximum Gasteiger partial charge on any atom is 0.309 e. The third kappa shape index (κ3) is 4.41. The van der Waals surface area contributed by atoms with Crippen LogP contribution in [-0.4, -0.2) is 30.8 Å². The minimum Gasteiger partial charge on any atom is -0.466 e. The van der Waals surface area contributed by atoms with Gasteiger partial charge in [-0.1, -0.05) is 36.4 Å². The van der Waals surface area contributed by atoms with Gasteiger partial charge in [-0.25, -0.2) is 0 Å². The van der Waals surface area contributed by atoms with Crippen LogP contribution in [0.4, 0.5) is 0 Å². The first kappa shape index (κ1) is 15.7. The van der Waals surface area contributed by atoms with Gasteiger partial charge in [-0.2, -0.15) is 0 Å². The first-order chi connectivity index (χ1) is 10.1. The van der Waals surface area contributed by atoms with Crippen LogP contribution in [0.1, 0.15) is 37.3 Å². The summed E-state index contributed by atoms with van der Waals surface area (Å²) in [6, 6.07) is 7.87. The zero-order valence-electron chi connectivity index (χ0n) is 12.5. The number of hydrogen-bond acceptors (Lipinski definition) is 4. The van der Waals surface area contributed by atoms with Crippen molar-refractivity contribution in [2.45, 2.75) is 31.8 Å². The number of hydrogen-bond donors (Lipinski definition) is 2. The number of benzene rings is 1. The molecule has 21 heavy (non-hydrogen) atoms. The molecular formula is C17H23NO3. The number of nitrogens with one attached hydrogen (secondary N) is 1. The normalized spacial score (nSPS) is 17.8. The highest BCUT2D eigenvalue weighted by molar-refractivity contribution is 5.72. The Balaban J connectivity index is 1.95. The van der Waals surface area contributed by atoms with E-state index in [9.17, 15) is 9.90 Å². The minimum atomic E-state index is -0.710. The lowest BCUT2D eigenvalue weighted by molar-refractivity contribution is -0.142. The zero-order chi connectivity index (χ0) is 15.1. The molecule has 1 aliphatic heterocycles. The summed E-state index contributed by atoms with van der Waals surface area (Å²) in [5.74, 6) is -0.214. The first-order valence-corrected chi connectivity index (χ1v) is 7.50. The smallest absolute Gasteiger partial charge is 0.309 e. The van der Waals surface area contributed by atoms with E-state index < -0.39 is 5.60 Å². The van der Waals surface area contributed by atoms with Crippen LogP contribution in [-0.2, 0) is 15.1 Å². The number of piperidine rings is 1. The highest BCUT2D eigenvalue weighted by atomic mass is 16.5. The number of esters is 1. The second-order valence-electron chi connectivity index (χ2n) is 5.32. The van der Waals surface area contributed by atoms with Gasteiger partial charge < -0.3 is 15.2 Å². The standard InChI is InChI=1S/C17H23NO3/c1-2-21-16(19)5-3-4-14-6-8-15(9-7-14)17(20)10-12-18-13-11-17/h3-4,6-9,18,20H,2,5,10-13H2,1H3. The van der Waals surface area contributed by atoms with Crippen molar-refractivity contribution in [1.29, 1.82) is 0 Å². The second-order valence-corrected chi connectivity index (χ2v) is 5.32. The van der Waals surface area contributed by atoms with Crippen LogP contribution in [0, 0.1) is 0 Å². The van der Waals surface area contributed by atoms with Gasteiger partial charge in [0.1, 0.15) is 0 Å². The summed E-state index contributed by atoms with van der Waals surface area (Å²) in [6.07, 6.45) is 5.46. The van der Waals surface area contributed by atoms with Gasteiger partial charge in [0.05, 0.1) is 18.6 Å². The summed E-state index contributed by atoms with van der Waals surface area (Å²) >= 11 is 0. The van der Waals surface area contributed by atoms with E-state index in [1.165, 1.54) is 0 Å². The van der Waals surface area contributed by atoms with Crippen molar-refractivity contribution >= 4 is 12.0 Å². The number of aliphatic hydroxyl groups is 1. The molecule has 4 nitrogen and oxygen atoms in total. The molecule has 114 valence electrons. The molecule has 1 aromatic rings. The lowest BCUT2D eigenvalue weighted by Crippen LogP contribution is -2.39. The molecule has 0 aromatic heterocycles. The lowest BCUT2D eigenvalue weighted by atomic mass is 9.85. The fourth-order valence-corrected chi connectivity index (χ4v) is 2.54. The molecule has 0 radical (unpaired) electrons. The first-order valence-electron chi connectivity index (χ1n) is 7.50. The highest BCUT2D eigenvalue weighted by Gasteiger charge is 2.30. The van der Waals surface area contributed by atoms with Crippen LogP contribution in [0.5, 0.6) is 0 Å². The van der Waals surface area contributed by atoms with E-state index in [1.54, 1.807) is 13.0 Å². The molecule has 1 aromatic carbocycles. The van der Waals surface area contributed by atoms with Gasteiger partial charge in [0.15, 0.2) is 0 Å². The summed E-state index contributed by atoms with van der Waals surface area (Å²) < 4.78 is 4.86. The van der Waals surface area contributed by atoms with Gasteiger partial charge in [-0.05, 0) is 44.0 Å². The predicted octanol–water partition coefficient (Wildman–Crippen LogP) is 2.22. The third-order valence-electron chi connectivity index (χ3n) is 3.78. The zero-order valence-corrected chi connectivity index (χ0v) is 12.5. The third-order valence-corrected chi connectivity index (χ3v) is 3.78. The fraction of sp³-hybridized carbons (Fsp3) is 0.471. The molecule has 0 unspecified atom stereocenters. The molecule has 1 aliphatic rings. The SMILES string of the molecule is CCOC(=O)CC=Cc1ccc(C2(O)CCNCC2)cc1. The van der Waals surface area contributed by atoms with E-state index in [0.717, 1.165) is 37.1 Å². The molecule has 2 rings (SSSR count). The fourth-order valence-electron chi connectivity index (χ4n) is 2.54. The van der Waals surface area contributed by atoms with Gasteiger partial charge >= 0.3 is 5.97 Å². The molecule has 1 fully saturated rings. The summed E-state index contributed by atoms with van der Waals surface area (Å²) in [7, 11) is 0. The quantitative estimate of drug-likeness (QED) is 0.816. The Morgan fingerprint density at radius 2 is 2.00 bits per heavy atom. The van der Waals surface area contributed by atoms with Crippen LogP contribution in [0.25, 0.3) is 6.08 Å². The van der Waals surface area contributed by atoms with Gasteiger partial charge in [0.2, 0.25) is 0 Å². The van der Waals surface area contributed by atoms with Gasteiger partial charge in [0, 0.05) is 0 Å². The van der Waals surface area contributed by atoms with Crippen LogP contribution in [0.2, 0.25) is 0 Å². The van der Waals surface area contributed by atoms with Crippen molar-refractivity contribution in [3.05, 3.63) is 41.5 Å². The Morgan fingerprint density at radius 3 is 2.62 bits per heavy atom. The summed E-state index contributed by atoms with van der Waals surface area (Å²) in [5.41, 5.74) is 1.27. The van der Waals surface area contributed by atoms with Crippen LogP contribution >= 0.6 is 0 Å². The average molecular weight is 289 g/mol. The highest BCUT2D eigenvalue weighted by Crippen LogP contribution is 2.30. The number of carbonyl (C=O) groups excluding carboxylic acids is 1. The molecule has 1 saturated heterocycles. The van der Waals surface area contributed by atoms with Crippen LogP contribution in [0.15, 0.2) is 30.3 Å². The molecule has 0 aliphatic carbocycles. The van der Waals surface area contributed by atoms with Crippen LogP contribution < -0.4 is 5.32 Å². The van der Waals surface area contributed by atoms with E-state index >= 15 is 0 Å². The molecule has 0 atom stereocenters. The van der Waals surface area contributed by atoms with Crippen molar-refractivity contribution in [2.24, 2.45) is 0 Å². The monoisotopic (exact) mass is 289 g/mol. The minimum absolute atomic E-state index is 0.214. The molecular weight excluding hydrogens is 266 g/mol. The Kier molecular flexibility index (Phi) is 5.53. The van der Waals surface area contributed by atoms with E-state index in [0.29, 0.717) is 6.61 Å². The van der Waals surface area contributed by atoms with Crippen molar-refractivity contribution in [3.8, 4) is 0 Å². The molecule has 0 saturated carbocycles. The maximum atomic E-state index is 11.2. The van der Waals surface area contributed by atoms with E-state index in [4.69, 9.17) is 4.74 Å². The number of carbonyl (C=O) groups is 1. The van der Waals surface area contributed by atoms with Gasteiger partial charge in [0.25, 0.3) is 0 Å². The summed E-state index contributed by atoms with van der Waals surface area (Å²) in [5, 5.41) is 13.9. The maximum absolute atomic E-state index is 11.2. The Hall–Kier alpha value is -1.65. The molecule has 4 heteroatoms. The Morgan fingerprint density at radius 1 is 1.33 bits per heavy atom. The van der Waals surface area contributed by atoms with Crippen LogP contribution in [0.3, 0.4) is 0 Å². The number of rotatable bonds is 5. The molecule has 0 bridgehead atoms. The van der Waals surface area contributed by atoms with Gasteiger partial charge in [-0.15, -0.1) is 0 Å². The molecule has 0 amide bonds. The van der Waals surface area contributed by atoms with Crippen molar-refractivity contribution in [1.82, 2.24) is 5.32 Å². The average Bonchev–Trinajstić information content (AvgIpc) is 2.49. The van der Waals surface area contributed by atoms with E-state index in [2.05, 4.69) is 5.32 Å². The largest absolute Gasteiger partial charge is 0.466 e. The predicted molar refractivity (Wildman–Crippen MR) is 82.7 cm³/mol. The lowest BCUT2D eigenvalue weighted by Gasteiger charge is -2.33. The molecule has 2 N–H and O–H groups in total. The van der Waals surface area contributed by atoms with E-state index in [1.807, 2.05) is 30.3 Å². The molecule has 1 heterocycles. The van der Waals surface area contributed by atoms with Crippen molar-refractivity contribution in [2.75, 3.05) is 19.7 Å². The van der Waals surface area contributed by atoms with E-state index in [-0.39, 0.29) is 12.4 Å². The summed E-state index contributed by atoms with van der Waals surface area (Å²) in [4.78, 5) is 11.2. The van der Waals surface area contributed by atoms with Crippen molar-refractivity contribution in [3.63, 3.8) is 0 Å².